The molecule has 0 radical (unpaired) electrons. The number of nitrogens with one attached hydrogen (secondary N) is 1. The van der Waals surface area contributed by atoms with Crippen molar-refractivity contribution in [2.45, 2.75) is 31.6 Å². The molecule has 0 heterocycles. The Morgan fingerprint density at radius 2 is 2.00 bits per heavy atom. The summed E-state index contributed by atoms with van der Waals surface area (Å²) in [6.07, 6.45) is 1.38. The van der Waals surface area contributed by atoms with Crippen molar-refractivity contribution >= 4 is 21.6 Å². The minimum Gasteiger partial charge on any atom is -0.399 e. The first-order valence-electron chi connectivity index (χ1n) is 6.94. The Morgan fingerprint density at radius 3 is 2.57 bits per heavy atom. The second-order valence-electron chi connectivity index (χ2n) is 4.83. The first-order chi connectivity index (χ1) is 9.82. The number of carbonyl (C=O) groups excluding carboxylic acids is 1. The number of benzene rings is 1. The van der Waals surface area contributed by atoms with E-state index in [0.29, 0.717) is 24.2 Å². The van der Waals surface area contributed by atoms with Crippen LogP contribution in [0, 0.1) is 0 Å². The molecule has 0 fully saturated rings. The van der Waals surface area contributed by atoms with Crippen LogP contribution in [-0.2, 0) is 21.2 Å². The first kappa shape index (κ1) is 17.5. The number of anilines is 1. The lowest BCUT2D eigenvalue weighted by Crippen LogP contribution is -2.38. The number of likely N-dealkylation sites (N-methyl/N-ethyl adjacent to an activating group) is 1. The molecule has 0 atom stereocenters. The summed E-state index contributed by atoms with van der Waals surface area (Å²) in [5, 5.41) is 2.66. The molecule has 0 aliphatic heterocycles. The zero-order valence-corrected chi connectivity index (χ0v) is 13.5. The van der Waals surface area contributed by atoms with Gasteiger partial charge in [-0.25, -0.2) is 8.42 Å². The molecule has 7 heteroatoms. The molecule has 0 bridgehead atoms. The molecule has 21 heavy (non-hydrogen) atoms. The Kier molecular flexibility index (Phi) is 6.17. The molecule has 118 valence electrons. The quantitative estimate of drug-likeness (QED) is 0.734. The van der Waals surface area contributed by atoms with E-state index in [0.717, 1.165) is 10.7 Å². The monoisotopic (exact) mass is 313 g/mol. The van der Waals surface area contributed by atoms with Crippen LogP contribution in [0.2, 0.25) is 0 Å². The molecular formula is C14H23N3O3S. The number of amides is 1. The van der Waals surface area contributed by atoms with Crippen molar-refractivity contribution in [2.24, 2.45) is 0 Å². The van der Waals surface area contributed by atoms with Crippen LogP contribution >= 0.6 is 0 Å². The molecule has 0 aliphatic rings. The van der Waals surface area contributed by atoms with Crippen LogP contribution < -0.4 is 11.1 Å². The summed E-state index contributed by atoms with van der Waals surface area (Å²) < 4.78 is 26.2. The highest BCUT2D eigenvalue weighted by atomic mass is 32.2. The standard InChI is InChI=1S/C14H23N3O3S/c1-4-8-16-14(18)10-17(3)21(19,20)13-9-12(15)7-6-11(13)5-2/h6-7,9H,4-5,8,10,15H2,1-3H3,(H,16,18). The lowest BCUT2D eigenvalue weighted by atomic mass is 10.1. The molecule has 0 saturated heterocycles. The maximum Gasteiger partial charge on any atom is 0.243 e. The van der Waals surface area contributed by atoms with Gasteiger partial charge in [0.2, 0.25) is 15.9 Å². The van der Waals surface area contributed by atoms with Gasteiger partial charge in [-0.1, -0.05) is 19.9 Å². The zero-order chi connectivity index (χ0) is 16.0. The minimum atomic E-state index is -3.73. The molecule has 1 aromatic rings. The van der Waals surface area contributed by atoms with Gasteiger partial charge in [0.1, 0.15) is 0 Å². The number of aryl methyl sites for hydroxylation is 1. The number of nitrogens with two attached hydrogens (primary N) is 1. The third-order valence-corrected chi connectivity index (χ3v) is 4.98. The summed E-state index contributed by atoms with van der Waals surface area (Å²) >= 11 is 0. The van der Waals surface area contributed by atoms with Gasteiger partial charge in [0, 0.05) is 19.3 Å². The van der Waals surface area contributed by atoms with Crippen LogP contribution in [0.15, 0.2) is 23.1 Å². The summed E-state index contributed by atoms with van der Waals surface area (Å²) in [4.78, 5) is 11.8. The van der Waals surface area contributed by atoms with E-state index in [-0.39, 0.29) is 17.3 Å². The smallest absolute Gasteiger partial charge is 0.243 e. The third-order valence-electron chi connectivity index (χ3n) is 3.10. The van der Waals surface area contributed by atoms with Crippen molar-refractivity contribution in [2.75, 3.05) is 25.9 Å². The van der Waals surface area contributed by atoms with Crippen LogP contribution in [0.5, 0.6) is 0 Å². The van der Waals surface area contributed by atoms with E-state index >= 15 is 0 Å². The maximum absolute atomic E-state index is 12.6. The summed E-state index contributed by atoms with van der Waals surface area (Å²) in [5.74, 6) is -0.315. The largest absolute Gasteiger partial charge is 0.399 e. The highest BCUT2D eigenvalue weighted by Crippen LogP contribution is 2.22. The van der Waals surface area contributed by atoms with Gasteiger partial charge in [-0.05, 0) is 30.5 Å². The van der Waals surface area contributed by atoms with Gasteiger partial charge in [0.05, 0.1) is 11.4 Å². The Morgan fingerprint density at radius 1 is 1.33 bits per heavy atom. The average Bonchev–Trinajstić information content (AvgIpc) is 2.44. The Balaban J connectivity index is 3.00. The van der Waals surface area contributed by atoms with Gasteiger partial charge in [-0.2, -0.15) is 4.31 Å². The summed E-state index contributed by atoms with van der Waals surface area (Å²) in [5.41, 5.74) is 6.75. The maximum atomic E-state index is 12.6. The van der Waals surface area contributed by atoms with Crippen molar-refractivity contribution in [3.63, 3.8) is 0 Å². The predicted molar refractivity (Wildman–Crippen MR) is 83.3 cm³/mol. The van der Waals surface area contributed by atoms with E-state index in [4.69, 9.17) is 5.73 Å². The number of carbonyl (C=O) groups is 1. The van der Waals surface area contributed by atoms with Crippen LogP contribution in [0.4, 0.5) is 5.69 Å². The van der Waals surface area contributed by atoms with Gasteiger partial charge in [-0.3, -0.25) is 4.79 Å². The average molecular weight is 313 g/mol. The third kappa shape index (κ3) is 4.44. The topological polar surface area (TPSA) is 92.5 Å². The van der Waals surface area contributed by atoms with E-state index in [1.165, 1.54) is 13.1 Å². The van der Waals surface area contributed by atoms with Crippen LogP contribution in [0.3, 0.4) is 0 Å². The first-order valence-corrected chi connectivity index (χ1v) is 8.38. The van der Waals surface area contributed by atoms with Gasteiger partial charge in [0.15, 0.2) is 0 Å². The molecule has 1 aromatic carbocycles. The van der Waals surface area contributed by atoms with Crippen molar-refractivity contribution in [1.29, 1.82) is 0 Å². The number of hydrogen-bond donors (Lipinski definition) is 2. The van der Waals surface area contributed by atoms with Crippen LogP contribution in [0.25, 0.3) is 0 Å². The van der Waals surface area contributed by atoms with E-state index in [2.05, 4.69) is 5.32 Å². The number of hydrogen-bond acceptors (Lipinski definition) is 4. The molecule has 6 nitrogen and oxygen atoms in total. The van der Waals surface area contributed by atoms with Crippen LogP contribution in [-0.4, -0.2) is 38.8 Å². The number of sulfonamides is 1. The molecule has 0 aliphatic carbocycles. The van der Waals surface area contributed by atoms with Crippen molar-refractivity contribution in [3.05, 3.63) is 23.8 Å². The second kappa shape index (κ2) is 7.42. The normalized spacial score (nSPS) is 11.6. The fourth-order valence-corrected chi connectivity index (χ4v) is 3.33. The number of nitrogens with zero attached hydrogens (tertiary/aromatic N) is 1. The fourth-order valence-electron chi connectivity index (χ4n) is 1.88. The molecule has 3 N–H and O–H groups in total. The second-order valence-corrected chi connectivity index (χ2v) is 6.85. The van der Waals surface area contributed by atoms with Gasteiger partial charge in [-0.15, -0.1) is 0 Å². The lowest BCUT2D eigenvalue weighted by Gasteiger charge is -2.19. The summed E-state index contributed by atoms with van der Waals surface area (Å²) in [6.45, 7) is 4.13. The minimum absolute atomic E-state index is 0.163. The number of nitrogen functional groups attached to an aromatic ring is 1. The van der Waals surface area contributed by atoms with Gasteiger partial charge >= 0.3 is 0 Å². The molecule has 1 amide bonds. The summed E-state index contributed by atoms with van der Waals surface area (Å²) in [6, 6.07) is 4.81. The highest BCUT2D eigenvalue weighted by molar-refractivity contribution is 7.89. The van der Waals surface area contributed by atoms with Crippen molar-refractivity contribution in [1.82, 2.24) is 9.62 Å². The number of rotatable bonds is 7. The van der Waals surface area contributed by atoms with Crippen molar-refractivity contribution < 1.29 is 13.2 Å². The summed E-state index contributed by atoms with van der Waals surface area (Å²) in [7, 11) is -2.34. The predicted octanol–water partition coefficient (Wildman–Crippen LogP) is 0.978. The molecular weight excluding hydrogens is 290 g/mol. The van der Waals surface area contributed by atoms with Crippen molar-refractivity contribution in [3.8, 4) is 0 Å². The fraction of sp³-hybridized carbons (Fsp3) is 0.500. The zero-order valence-electron chi connectivity index (χ0n) is 12.7. The lowest BCUT2D eigenvalue weighted by molar-refractivity contribution is -0.121. The van der Waals surface area contributed by atoms with Gasteiger partial charge in [0.25, 0.3) is 0 Å². The molecule has 0 saturated carbocycles. The molecule has 0 aromatic heterocycles. The van der Waals surface area contributed by atoms with Crippen LogP contribution in [0.1, 0.15) is 25.8 Å². The molecule has 1 rings (SSSR count). The Bertz CT molecular complexity index is 599. The van der Waals surface area contributed by atoms with Gasteiger partial charge < -0.3 is 11.1 Å². The Labute approximate surface area is 126 Å². The highest BCUT2D eigenvalue weighted by Gasteiger charge is 2.25. The van der Waals surface area contributed by atoms with E-state index in [9.17, 15) is 13.2 Å². The van der Waals surface area contributed by atoms with E-state index < -0.39 is 10.0 Å². The SMILES string of the molecule is CCCNC(=O)CN(C)S(=O)(=O)c1cc(N)ccc1CC. The van der Waals surface area contributed by atoms with E-state index in [1.807, 2.05) is 13.8 Å². The van der Waals surface area contributed by atoms with E-state index in [1.54, 1.807) is 12.1 Å². The Hall–Kier alpha value is -1.60. The molecule has 0 spiro atoms. The molecule has 0 unspecified atom stereocenters.